The molecule has 20 heavy (non-hydrogen) atoms. The lowest BCUT2D eigenvalue weighted by atomic mass is 9.78. The number of hydrogen-bond acceptors (Lipinski definition) is 3. The van der Waals surface area contributed by atoms with Gasteiger partial charge in [0.05, 0.1) is 11.0 Å². The minimum absolute atomic E-state index is 0.127. The van der Waals surface area contributed by atoms with Crippen molar-refractivity contribution in [3.05, 3.63) is 59.0 Å². The number of carbonyl (C=O) groups excluding carboxylic acids is 1. The average Bonchev–Trinajstić information content (AvgIpc) is 2.41. The van der Waals surface area contributed by atoms with Crippen molar-refractivity contribution < 1.29 is 9.18 Å². The van der Waals surface area contributed by atoms with E-state index in [9.17, 15) is 9.18 Å². The molecule has 104 valence electrons. The van der Waals surface area contributed by atoms with E-state index in [0.717, 1.165) is 11.1 Å². The van der Waals surface area contributed by atoms with Crippen molar-refractivity contribution in [1.82, 2.24) is 4.98 Å². The maximum absolute atomic E-state index is 13.0. The minimum Gasteiger partial charge on any atom is -0.383 e. The third kappa shape index (κ3) is 2.54. The summed E-state index contributed by atoms with van der Waals surface area (Å²) in [6.07, 6.45) is 1.62. The molecule has 2 rings (SSSR count). The van der Waals surface area contributed by atoms with Gasteiger partial charge in [-0.15, -0.1) is 0 Å². The highest BCUT2D eigenvalue weighted by molar-refractivity contribution is 6.06. The van der Waals surface area contributed by atoms with E-state index in [-0.39, 0.29) is 17.4 Å². The lowest BCUT2D eigenvalue weighted by molar-refractivity contribution is 0.0909. The Kier molecular flexibility index (Phi) is 3.57. The van der Waals surface area contributed by atoms with Crippen LogP contribution in [0.3, 0.4) is 0 Å². The summed E-state index contributed by atoms with van der Waals surface area (Å²) in [4.78, 5) is 16.7. The Morgan fingerprint density at radius 3 is 2.45 bits per heavy atom. The molecule has 0 saturated heterocycles. The van der Waals surface area contributed by atoms with Crippen molar-refractivity contribution in [2.45, 2.75) is 26.2 Å². The molecule has 0 amide bonds. The number of nitrogens with zero attached hydrogens (tertiary/aromatic N) is 1. The molecule has 0 saturated carbocycles. The molecule has 0 aliphatic carbocycles. The number of carbonyl (C=O) groups is 1. The van der Waals surface area contributed by atoms with Gasteiger partial charge < -0.3 is 5.73 Å². The molecule has 1 aromatic carbocycles. The molecule has 0 unspecified atom stereocenters. The van der Waals surface area contributed by atoms with Gasteiger partial charge in [-0.2, -0.15) is 0 Å². The zero-order valence-electron chi connectivity index (χ0n) is 11.8. The van der Waals surface area contributed by atoms with Crippen LogP contribution < -0.4 is 5.73 Å². The number of ketones is 1. The van der Waals surface area contributed by atoms with Gasteiger partial charge in [-0.25, -0.2) is 9.37 Å². The summed E-state index contributed by atoms with van der Waals surface area (Å²) in [5.41, 5.74) is 7.02. The molecule has 3 nitrogen and oxygen atoms in total. The number of rotatable bonds is 3. The lowest BCUT2D eigenvalue weighted by Gasteiger charge is -2.24. The Bertz CT molecular complexity index is 648. The van der Waals surface area contributed by atoms with Crippen molar-refractivity contribution in [2.24, 2.45) is 0 Å². The van der Waals surface area contributed by atoms with Gasteiger partial charge in [-0.3, -0.25) is 4.79 Å². The first kappa shape index (κ1) is 14.2. The first-order chi connectivity index (χ1) is 9.32. The molecular formula is C16H17FN2O. The average molecular weight is 272 g/mol. The maximum atomic E-state index is 13.0. The van der Waals surface area contributed by atoms with Crippen molar-refractivity contribution in [3.63, 3.8) is 0 Å². The van der Waals surface area contributed by atoms with Gasteiger partial charge in [0.2, 0.25) is 0 Å². The van der Waals surface area contributed by atoms with E-state index < -0.39 is 5.41 Å². The monoisotopic (exact) mass is 272 g/mol. The molecule has 4 heteroatoms. The lowest BCUT2D eigenvalue weighted by Crippen LogP contribution is -2.30. The zero-order valence-corrected chi connectivity index (χ0v) is 11.8. The van der Waals surface area contributed by atoms with Crippen LogP contribution in [0.5, 0.6) is 0 Å². The van der Waals surface area contributed by atoms with Gasteiger partial charge in [-0.1, -0.05) is 12.1 Å². The van der Waals surface area contributed by atoms with E-state index in [1.807, 2.05) is 6.92 Å². The Morgan fingerprint density at radius 1 is 1.25 bits per heavy atom. The number of nitrogen functional groups attached to an aromatic ring is 1. The van der Waals surface area contributed by atoms with Crippen LogP contribution in [0, 0.1) is 12.7 Å². The van der Waals surface area contributed by atoms with Crippen LogP contribution in [0.1, 0.15) is 35.3 Å². The molecule has 0 aliphatic rings. The highest BCUT2D eigenvalue weighted by Gasteiger charge is 2.32. The molecule has 0 fully saturated rings. The standard InChI is InChI=1S/C16H17FN2O/c1-10-8-13(15(18)19-9-10)14(20)16(2,3)11-4-6-12(17)7-5-11/h4-9H,1-3H3,(H2,18,19). The van der Waals surface area contributed by atoms with Crippen LogP contribution in [-0.2, 0) is 5.41 Å². The van der Waals surface area contributed by atoms with Gasteiger partial charge in [0.25, 0.3) is 0 Å². The fraction of sp³-hybridized carbons (Fsp3) is 0.250. The SMILES string of the molecule is Cc1cnc(N)c(C(=O)C(C)(C)c2ccc(F)cc2)c1. The third-order valence-corrected chi connectivity index (χ3v) is 3.43. The van der Waals surface area contributed by atoms with E-state index in [4.69, 9.17) is 5.73 Å². The highest BCUT2D eigenvalue weighted by atomic mass is 19.1. The quantitative estimate of drug-likeness (QED) is 0.872. The molecule has 0 atom stereocenters. The number of nitrogens with two attached hydrogens (primary N) is 1. The van der Waals surface area contributed by atoms with Crippen LogP contribution in [-0.4, -0.2) is 10.8 Å². The van der Waals surface area contributed by atoms with Crippen LogP contribution in [0.4, 0.5) is 10.2 Å². The maximum Gasteiger partial charge on any atom is 0.176 e. The molecule has 0 spiro atoms. The molecule has 2 aromatic rings. The Morgan fingerprint density at radius 2 is 1.85 bits per heavy atom. The smallest absolute Gasteiger partial charge is 0.176 e. The van der Waals surface area contributed by atoms with Crippen molar-refractivity contribution in [1.29, 1.82) is 0 Å². The normalized spacial score (nSPS) is 11.4. The van der Waals surface area contributed by atoms with E-state index in [1.165, 1.54) is 12.1 Å². The predicted molar refractivity (Wildman–Crippen MR) is 77.1 cm³/mol. The third-order valence-electron chi connectivity index (χ3n) is 3.43. The zero-order chi connectivity index (χ0) is 14.9. The molecule has 0 aliphatic heterocycles. The first-order valence-corrected chi connectivity index (χ1v) is 6.35. The predicted octanol–water partition coefficient (Wildman–Crippen LogP) is 3.27. The number of halogens is 1. The summed E-state index contributed by atoms with van der Waals surface area (Å²) in [7, 11) is 0. The summed E-state index contributed by atoms with van der Waals surface area (Å²) >= 11 is 0. The fourth-order valence-corrected chi connectivity index (χ4v) is 2.10. The number of hydrogen-bond donors (Lipinski definition) is 1. The second-order valence-electron chi connectivity index (χ2n) is 5.41. The van der Waals surface area contributed by atoms with Crippen LogP contribution in [0.15, 0.2) is 36.5 Å². The Labute approximate surface area is 117 Å². The van der Waals surface area contributed by atoms with E-state index in [1.54, 1.807) is 38.2 Å². The van der Waals surface area contributed by atoms with Crippen LogP contribution in [0.25, 0.3) is 0 Å². The molecule has 1 aromatic heterocycles. The number of Topliss-reactive ketones (excluding diaryl/α,β-unsaturated/α-hetero) is 1. The summed E-state index contributed by atoms with van der Waals surface area (Å²) in [6.45, 7) is 5.45. The van der Waals surface area contributed by atoms with E-state index in [0.29, 0.717) is 5.56 Å². The first-order valence-electron chi connectivity index (χ1n) is 6.35. The Balaban J connectivity index is 2.45. The summed E-state index contributed by atoms with van der Waals surface area (Å²) in [5, 5.41) is 0. The van der Waals surface area contributed by atoms with Gasteiger partial charge >= 0.3 is 0 Å². The summed E-state index contributed by atoms with van der Waals surface area (Å²) in [5.74, 6) is -0.234. The second kappa shape index (κ2) is 5.04. The van der Waals surface area contributed by atoms with E-state index >= 15 is 0 Å². The van der Waals surface area contributed by atoms with E-state index in [2.05, 4.69) is 4.98 Å². The highest BCUT2D eigenvalue weighted by Crippen LogP contribution is 2.29. The number of aryl methyl sites for hydroxylation is 1. The number of aromatic nitrogens is 1. The largest absolute Gasteiger partial charge is 0.383 e. The topological polar surface area (TPSA) is 56.0 Å². The molecule has 0 bridgehead atoms. The Hall–Kier alpha value is -2.23. The van der Waals surface area contributed by atoms with Gasteiger partial charge in [0.15, 0.2) is 5.78 Å². The van der Waals surface area contributed by atoms with Crippen LogP contribution >= 0.6 is 0 Å². The van der Waals surface area contributed by atoms with Crippen LogP contribution in [0.2, 0.25) is 0 Å². The van der Waals surface area contributed by atoms with Gasteiger partial charge in [0.1, 0.15) is 11.6 Å². The van der Waals surface area contributed by atoms with Crippen molar-refractivity contribution in [2.75, 3.05) is 5.73 Å². The second-order valence-corrected chi connectivity index (χ2v) is 5.41. The minimum atomic E-state index is -0.794. The number of benzene rings is 1. The molecule has 1 heterocycles. The van der Waals surface area contributed by atoms with Crippen molar-refractivity contribution >= 4 is 11.6 Å². The van der Waals surface area contributed by atoms with Gasteiger partial charge in [0, 0.05) is 6.20 Å². The molecule has 0 radical (unpaired) electrons. The fourth-order valence-electron chi connectivity index (χ4n) is 2.10. The molecular weight excluding hydrogens is 255 g/mol. The number of anilines is 1. The number of pyridine rings is 1. The molecule has 2 N–H and O–H groups in total. The van der Waals surface area contributed by atoms with Gasteiger partial charge in [-0.05, 0) is 50.1 Å². The van der Waals surface area contributed by atoms with Crippen molar-refractivity contribution in [3.8, 4) is 0 Å². The summed E-state index contributed by atoms with van der Waals surface area (Å²) < 4.78 is 13.0. The summed E-state index contributed by atoms with van der Waals surface area (Å²) in [6, 6.07) is 7.67.